The van der Waals surface area contributed by atoms with Crippen LogP contribution in [0.4, 0.5) is 4.79 Å². The fourth-order valence-electron chi connectivity index (χ4n) is 1.94. The van der Waals surface area contributed by atoms with Gasteiger partial charge in [-0.3, -0.25) is 4.79 Å². The smallest absolute Gasteiger partial charge is 0.368 e. The fourth-order valence-corrected chi connectivity index (χ4v) is 3.02. The molecule has 0 aliphatic heterocycles. The van der Waals surface area contributed by atoms with Gasteiger partial charge in [-0.25, -0.2) is 4.79 Å². The quantitative estimate of drug-likeness (QED) is 0.824. The van der Waals surface area contributed by atoms with Crippen molar-refractivity contribution in [1.82, 2.24) is 0 Å². The molecule has 1 N–H and O–H groups in total. The van der Waals surface area contributed by atoms with Crippen LogP contribution in [-0.4, -0.2) is 23.5 Å². The predicted octanol–water partition coefficient (Wildman–Crippen LogP) is 4.63. The van der Waals surface area contributed by atoms with E-state index in [0.29, 0.717) is 22.3 Å². The number of carboxylic acid groups (broad SMARTS) is 1. The number of thioether (sulfide) groups is 1. The lowest BCUT2D eigenvalue weighted by molar-refractivity contribution is -0.136. The zero-order valence-corrected chi connectivity index (χ0v) is 13.2. The number of methoxy groups -OCH3 is 1. The molecule has 0 spiro atoms. The van der Waals surface area contributed by atoms with Crippen LogP contribution in [-0.2, 0) is 9.53 Å². The molecule has 6 heteroatoms. The maximum atomic E-state index is 11.4. The monoisotopic (exact) mass is 336 g/mol. The van der Waals surface area contributed by atoms with Gasteiger partial charge in [-0.15, -0.1) is 0 Å². The van der Waals surface area contributed by atoms with Gasteiger partial charge < -0.3 is 9.84 Å². The Kier molecular flexibility index (Phi) is 5.46. The van der Waals surface area contributed by atoms with E-state index in [1.165, 1.54) is 7.11 Å². The molecule has 0 bridgehead atoms. The molecule has 2 aromatic rings. The minimum atomic E-state index is -1.15. The average Bonchev–Trinajstić information content (AvgIpc) is 2.53. The molecule has 0 aromatic heterocycles. The molecule has 0 aliphatic carbocycles. The van der Waals surface area contributed by atoms with E-state index in [9.17, 15) is 14.7 Å². The van der Waals surface area contributed by atoms with Crippen molar-refractivity contribution in [3.8, 4) is 11.1 Å². The highest BCUT2D eigenvalue weighted by molar-refractivity contribution is 8.14. The molecule has 2 rings (SSSR count). The number of halogens is 1. The first-order chi connectivity index (χ1) is 10.5. The fraction of sp³-hybridized carbons (Fsp3) is 0.125. The molecular formula is C16H13ClO4S. The van der Waals surface area contributed by atoms with E-state index in [4.69, 9.17) is 11.6 Å². The zero-order chi connectivity index (χ0) is 16.1. The maximum Gasteiger partial charge on any atom is 0.368 e. The van der Waals surface area contributed by atoms with Crippen LogP contribution in [0.3, 0.4) is 0 Å². The Morgan fingerprint density at radius 1 is 1.14 bits per heavy atom. The van der Waals surface area contributed by atoms with Gasteiger partial charge in [0, 0.05) is 5.02 Å². The van der Waals surface area contributed by atoms with E-state index in [0.717, 1.165) is 11.1 Å². The molecule has 0 fully saturated rings. The number of hydrogen-bond acceptors (Lipinski definition) is 4. The Balaban J connectivity index is 2.35. The van der Waals surface area contributed by atoms with Crippen LogP contribution in [0, 0.1) is 0 Å². The van der Waals surface area contributed by atoms with Gasteiger partial charge >= 0.3 is 11.3 Å². The number of carboxylic acids is 1. The summed E-state index contributed by atoms with van der Waals surface area (Å²) >= 11 is 6.79. The topological polar surface area (TPSA) is 63.6 Å². The van der Waals surface area contributed by atoms with E-state index in [-0.39, 0.29) is 0 Å². The van der Waals surface area contributed by atoms with Crippen molar-refractivity contribution in [3.63, 3.8) is 0 Å². The summed E-state index contributed by atoms with van der Waals surface area (Å²) in [6, 6.07) is 14.7. The van der Waals surface area contributed by atoms with Crippen molar-refractivity contribution < 1.29 is 19.4 Å². The molecule has 0 amide bonds. The van der Waals surface area contributed by atoms with Gasteiger partial charge in [0.1, 0.15) is 5.25 Å². The van der Waals surface area contributed by atoms with Crippen molar-refractivity contribution in [2.75, 3.05) is 7.11 Å². The Bertz CT molecular complexity index is 688. The molecule has 0 radical (unpaired) electrons. The van der Waals surface area contributed by atoms with Crippen LogP contribution in [0.1, 0.15) is 10.8 Å². The molecule has 0 saturated carbocycles. The van der Waals surface area contributed by atoms with E-state index in [2.05, 4.69) is 4.74 Å². The third kappa shape index (κ3) is 3.81. The van der Waals surface area contributed by atoms with Crippen LogP contribution in [0.15, 0.2) is 48.5 Å². The second-order valence-electron chi connectivity index (χ2n) is 4.39. The number of benzene rings is 2. The number of aliphatic carboxylic acids is 1. The Hall–Kier alpha value is -1.98. The number of carbonyl (C=O) groups is 2. The first kappa shape index (κ1) is 16.4. The summed E-state index contributed by atoms with van der Waals surface area (Å²) in [6.07, 6.45) is 0. The highest BCUT2D eigenvalue weighted by Crippen LogP contribution is 2.36. The summed E-state index contributed by atoms with van der Waals surface area (Å²) in [5.74, 6) is -1.15. The number of rotatable bonds is 4. The lowest BCUT2D eigenvalue weighted by Crippen LogP contribution is -2.11. The zero-order valence-electron chi connectivity index (χ0n) is 11.7. The second-order valence-corrected chi connectivity index (χ2v) is 5.84. The van der Waals surface area contributed by atoms with Gasteiger partial charge in [0.15, 0.2) is 0 Å². The molecule has 0 aliphatic rings. The van der Waals surface area contributed by atoms with Gasteiger partial charge in [-0.2, -0.15) is 0 Å². The summed E-state index contributed by atoms with van der Waals surface area (Å²) in [6.45, 7) is 0. The Morgan fingerprint density at radius 2 is 1.82 bits per heavy atom. The summed E-state index contributed by atoms with van der Waals surface area (Å²) in [5, 5.41) is 7.81. The highest BCUT2D eigenvalue weighted by Gasteiger charge is 2.27. The van der Waals surface area contributed by atoms with E-state index in [1.54, 1.807) is 18.2 Å². The van der Waals surface area contributed by atoms with Gasteiger partial charge in [0.05, 0.1) is 7.11 Å². The number of hydrogen-bond donors (Lipinski definition) is 1. The van der Waals surface area contributed by atoms with Crippen molar-refractivity contribution in [2.45, 2.75) is 5.25 Å². The molecule has 2 aromatic carbocycles. The predicted molar refractivity (Wildman–Crippen MR) is 87.3 cm³/mol. The third-order valence-electron chi connectivity index (χ3n) is 3.00. The van der Waals surface area contributed by atoms with E-state index in [1.807, 2.05) is 30.3 Å². The summed E-state index contributed by atoms with van der Waals surface area (Å²) in [7, 11) is 1.20. The van der Waals surface area contributed by atoms with Gasteiger partial charge in [0.25, 0.3) is 0 Å². The van der Waals surface area contributed by atoms with Crippen LogP contribution in [0.5, 0.6) is 0 Å². The average molecular weight is 337 g/mol. The second kappa shape index (κ2) is 7.33. The standard InChI is InChI=1S/C16H13ClO4S/c1-21-16(20)22-14(15(18)19)12-8-7-11(9-13(12)17)10-5-3-2-4-6-10/h2-9,14H,1H3,(H,18,19). The number of ether oxygens (including phenoxy) is 1. The van der Waals surface area contributed by atoms with Crippen molar-refractivity contribution in [2.24, 2.45) is 0 Å². The van der Waals surface area contributed by atoms with E-state index < -0.39 is 16.5 Å². The highest BCUT2D eigenvalue weighted by atomic mass is 35.5. The molecular weight excluding hydrogens is 324 g/mol. The molecule has 114 valence electrons. The van der Waals surface area contributed by atoms with Crippen molar-refractivity contribution in [3.05, 3.63) is 59.1 Å². The molecule has 0 heterocycles. The van der Waals surface area contributed by atoms with Crippen LogP contribution in [0.25, 0.3) is 11.1 Å². The Morgan fingerprint density at radius 3 is 2.36 bits per heavy atom. The first-order valence-electron chi connectivity index (χ1n) is 6.35. The molecule has 22 heavy (non-hydrogen) atoms. The minimum absolute atomic E-state index is 0.296. The lowest BCUT2D eigenvalue weighted by Gasteiger charge is -2.13. The van der Waals surface area contributed by atoms with E-state index >= 15 is 0 Å². The summed E-state index contributed by atoms with van der Waals surface area (Å²) < 4.78 is 4.50. The summed E-state index contributed by atoms with van der Waals surface area (Å²) in [5.41, 5.74) is 2.22. The Labute approximate surface area is 137 Å². The number of carbonyl (C=O) groups excluding carboxylic acids is 1. The first-order valence-corrected chi connectivity index (χ1v) is 7.61. The normalized spacial score (nSPS) is 11.7. The molecule has 4 nitrogen and oxygen atoms in total. The molecule has 0 saturated heterocycles. The third-order valence-corrected chi connectivity index (χ3v) is 4.37. The van der Waals surface area contributed by atoms with Crippen LogP contribution >= 0.6 is 23.4 Å². The van der Waals surface area contributed by atoms with Gasteiger partial charge in [0.2, 0.25) is 0 Å². The largest absolute Gasteiger partial charge is 0.480 e. The van der Waals surface area contributed by atoms with Gasteiger partial charge in [-0.05, 0) is 34.5 Å². The summed E-state index contributed by atoms with van der Waals surface area (Å²) in [4.78, 5) is 22.7. The lowest BCUT2D eigenvalue weighted by atomic mass is 10.0. The SMILES string of the molecule is COC(=O)SC(C(=O)O)c1ccc(-c2ccccc2)cc1Cl. The van der Waals surface area contributed by atoms with Gasteiger partial charge in [-0.1, -0.05) is 54.1 Å². The molecule has 1 unspecified atom stereocenters. The van der Waals surface area contributed by atoms with Crippen LogP contribution in [0.2, 0.25) is 5.02 Å². The van der Waals surface area contributed by atoms with Crippen LogP contribution < -0.4 is 0 Å². The molecule has 1 atom stereocenters. The minimum Gasteiger partial charge on any atom is -0.480 e. The maximum absolute atomic E-state index is 11.4. The van der Waals surface area contributed by atoms with Crippen molar-refractivity contribution in [1.29, 1.82) is 0 Å². The van der Waals surface area contributed by atoms with Crippen molar-refractivity contribution >= 4 is 34.6 Å².